The van der Waals surface area contributed by atoms with Gasteiger partial charge in [-0.2, -0.15) is 0 Å². The van der Waals surface area contributed by atoms with E-state index in [0.29, 0.717) is 0 Å². The Labute approximate surface area is 58.4 Å². The van der Waals surface area contributed by atoms with E-state index in [0.717, 1.165) is 0 Å². The Bertz CT molecular complexity index is 142. The largest absolute Gasteiger partial charge is 0.476 e. The summed E-state index contributed by atoms with van der Waals surface area (Å²) >= 11 is 5.16. The summed E-state index contributed by atoms with van der Waals surface area (Å²) in [4.78, 5) is 13.5. The molecule has 4 heteroatoms. The fourth-order valence-electron chi connectivity index (χ4n) is 0.282. The zero-order chi connectivity index (χ0) is 7.44. The third-order valence-electron chi connectivity index (χ3n) is 0.548. The van der Waals surface area contributed by atoms with Crippen molar-refractivity contribution in [1.82, 2.24) is 0 Å². The van der Waals surface area contributed by atoms with Crippen LogP contribution in [-0.4, -0.2) is 22.3 Å². The minimum absolute atomic E-state index is 0.0615. The summed E-state index contributed by atoms with van der Waals surface area (Å²) in [5, 5.41) is 7.81. The summed E-state index contributed by atoms with van der Waals surface area (Å²) in [5.74, 6) is -1.18. The number of carboxylic acid groups (broad SMARTS) is 1. The van der Waals surface area contributed by atoms with Gasteiger partial charge in [-0.25, -0.2) is 4.79 Å². The Balaban J connectivity index is 4.00. The molecule has 0 heterocycles. The van der Waals surface area contributed by atoms with Crippen LogP contribution in [0.1, 0.15) is 13.8 Å². The molecule has 9 heavy (non-hydrogen) atoms. The number of carbonyl (C=O) groups is 1. The Morgan fingerprint density at radius 3 is 2.22 bits per heavy atom. The standard InChI is InChI=1S/C5H8ClNO2/c1-3(2)7-4(6)5(8)9/h3H,1-2H3,(H,8,9). The van der Waals surface area contributed by atoms with Crippen molar-refractivity contribution in [3.8, 4) is 0 Å². The number of halogens is 1. The second kappa shape index (κ2) is 3.45. The molecule has 0 rings (SSSR count). The summed E-state index contributed by atoms with van der Waals surface area (Å²) in [5.41, 5.74) is 0. The van der Waals surface area contributed by atoms with Crippen molar-refractivity contribution in [3.05, 3.63) is 0 Å². The van der Waals surface area contributed by atoms with Gasteiger partial charge in [-0.1, -0.05) is 11.6 Å². The Morgan fingerprint density at radius 2 is 2.11 bits per heavy atom. The van der Waals surface area contributed by atoms with E-state index in [1.54, 1.807) is 13.8 Å². The van der Waals surface area contributed by atoms with Crippen LogP contribution < -0.4 is 0 Å². The van der Waals surface area contributed by atoms with Crippen LogP contribution in [0.3, 0.4) is 0 Å². The fraction of sp³-hybridized carbons (Fsp3) is 0.600. The number of hydrogen-bond acceptors (Lipinski definition) is 2. The van der Waals surface area contributed by atoms with Gasteiger partial charge in [0.1, 0.15) is 0 Å². The molecule has 0 amide bonds. The van der Waals surface area contributed by atoms with Gasteiger partial charge in [-0.15, -0.1) is 0 Å². The summed E-state index contributed by atoms with van der Waals surface area (Å²) in [6.07, 6.45) is 0. The molecule has 0 aromatic heterocycles. The normalized spacial score (nSPS) is 12.2. The van der Waals surface area contributed by atoms with Crippen molar-refractivity contribution in [3.63, 3.8) is 0 Å². The average Bonchev–Trinajstić information content (AvgIpc) is 1.63. The zero-order valence-electron chi connectivity index (χ0n) is 5.26. The zero-order valence-corrected chi connectivity index (χ0v) is 6.01. The molecule has 52 valence electrons. The Kier molecular flexibility index (Phi) is 3.24. The molecule has 3 nitrogen and oxygen atoms in total. The van der Waals surface area contributed by atoms with E-state index >= 15 is 0 Å². The van der Waals surface area contributed by atoms with E-state index < -0.39 is 5.97 Å². The van der Waals surface area contributed by atoms with Crippen molar-refractivity contribution in [2.45, 2.75) is 19.9 Å². The van der Waals surface area contributed by atoms with Crippen LogP contribution in [0.5, 0.6) is 0 Å². The van der Waals surface area contributed by atoms with E-state index in [-0.39, 0.29) is 11.2 Å². The lowest BCUT2D eigenvalue weighted by Crippen LogP contribution is -2.07. The first-order valence-electron chi connectivity index (χ1n) is 2.50. The van der Waals surface area contributed by atoms with Gasteiger partial charge in [0, 0.05) is 6.04 Å². The Morgan fingerprint density at radius 1 is 1.67 bits per heavy atom. The molecule has 0 saturated heterocycles. The molecule has 0 bridgehead atoms. The van der Waals surface area contributed by atoms with Gasteiger partial charge < -0.3 is 5.11 Å². The fourth-order valence-corrected chi connectivity index (χ4v) is 0.477. The highest BCUT2D eigenvalue weighted by Gasteiger charge is 2.03. The van der Waals surface area contributed by atoms with E-state index in [2.05, 4.69) is 4.99 Å². The topological polar surface area (TPSA) is 49.7 Å². The maximum atomic E-state index is 9.97. The third kappa shape index (κ3) is 3.97. The second-order valence-corrected chi connectivity index (χ2v) is 2.18. The Hall–Kier alpha value is -0.570. The highest BCUT2D eigenvalue weighted by molar-refractivity contribution is 6.81. The van der Waals surface area contributed by atoms with E-state index in [1.807, 2.05) is 0 Å². The van der Waals surface area contributed by atoms with Crippen molar-refractivity contribution in [1.29, 1.82) is 0 Å². The smallest absolute Gasteiger partial charge is 0.365 e. The first kappa shape index (κ1) is 8.43. The number of rotatable bonds is 2. The predicted octanol–water partition coefficient (Wildman–Crippen LogP) is 1.12. The van der Waals surface area contributed by atoms with Crippen LogP contribution in [0.4, 0.5) is 0 Å². The van der Waals surface area contributed by atoms with Crippen LogP contribution in [0.2, 0.25) is 0 Å². The first-order chi connectivity index (χ1) is 4.04. The van der Waals surface area contributed by atoms with Gasteiger partial charge in [0.25, 0.3) is 0 Å². The third-order valence-corrected chi connectivity index (χ3v) is 0.807. The lowest BCUT2D eigenvalue weighted by atomic mass is 10.4. The molecule has 0 aliphatic carbocycles. The van der Waals surface area contributed by atoms with Crippen molar-refractivity contribution in [2.75, 3.05) is 0 Å². The van der Waals surface area contributed by atoms with E-state index in [9.17, 15) is 4.79 Å². The molecule has 0 aromatic carbocycles. The highest BCUT2D eigenvalue weighted by Crippen LogP contribution is 1.92. The van der Waals surface area contributed by atoms with Gasteiger partial charge in [-0.05, 0) is 13.8 Å². The first-order valence-corrected chi connectivity index (χ1v) is 2.88. The maximum absolute atomic E-state index is 9.97. The molecule has 0 saturated carbocycles. The molecule has 0 aromatic rings. The van der Waals surface area contributed by atoms with Gasteiger partial charge in [0.2, 0.25) is 5.17 Å². The molecule has 0 spiro atoms. The van der Waals surface area contributed by atoms with Gasteiger partial charge in [0.15, 0.2) is 0 Å². The van der Waals surface area contributed by atoms with Gasteiger partial charge in [0.05, 0.1) is 0 Å². The summed E-state index contributed by atoms with van der Waals surface area (Å²) in [7, 11) is 0. The average molecular weight is 150 g/mol. The molecule has 0 atom stereocenters. The summed E-state index contributed by atoms with van der Waals surface area (Å²) < 4.78 is 0. The van der Waals surface area contributed by atoms with Crippen molar-refractivity contribution >= 4 is 22.7 Å². The SMILES string of the molecule is CC(C)N=C(Cl)C(=O)O. The number of aliphatic imine (C=N–C) groups is 1. The second-order valence-electron chi connectivity index (χ2n) is 1.82. The van der Waals surface area contributed by atoms with E-state index in [1.165, 1.54) is 0 Å². The van der Waals surface area contributed by atoms with E-state index in [4.69, 9.17) is 16.7 Å². The van der Waals surface area contributed by atoms with Gasteiger partial charge >= 0.3 is 5.97 Å². The quantitative estimate of drug-likeness (QED) is 0.598. The molecule has 0 radical (unpaired) electrons. The van der Waals surface area contributed by atoms with Crippen LogP contribution in [-0.2, 0) is 4.79 Å². The van der Waals surface area contributed by atoms with Gasteiger partial charge in [-0.3, -0.25) is 4.99 Å². The minimum atomic E-state index is -1.18. The molecular weight excluding hydrogens is 142 g/mol. The molecule has 0 aliphatic heterocycles. The number of nitrogens with zero attached hydrogens (tertiary/aromatic N) is 1. The number of aliphatic carboxylic acids is 1. The summed E-state index contributed by atoms with van der Waals surface area (Å²) in [6.45, 7) is 3.51. The van der Waals surface area contributed by atoms with Crippen LogP contribution in [0.25, 0.3) is 0 Å². The van der Waals surface area contributed by atoms with Crippen molar-refractivity contribution in [2.24, 2.45) is 4.99 Å². The lowest BCUT2D eigenvalue weighted by Gasteiger charge is -1.93. The van der Waals surface area contributed by atoms with Crippen LogP contribution >= 0.6 is 11.6 Å². The number of carboxylic acids is 1. The summed E-state index contributed by atoms with van der Waals surface area (Å²) in [6, 6.07) is -0.0615. The molecule has 1 N–H and O–H groups in total. The number of hydrogen-bond donors (Lipinski definition) is 1. The van der Waals surface area contributed by atoms with Crippen LogP contribution in [0.15, 0.2) is 4.99 Å². The predicted molar refractivity (Wildman–Crippen MR) is 36.1 cm³/mol. The maximum Gasteiger partial charge on any atom is 0.365 e. The monoisotopic (exact) mass is 149 g/mol. The molecule has 0 fully saturated rings. The lowest BCUT2D eigenvalue weighted by molar-refractivity contribution is -0.129. The molecule has 0 aliphatic rings. The molecular formula is C5H8ClNO2. The minimum Gasteiger partial charge on any atom is -0.476 e. The van der Waals surface area contributed by atoms with Crippen LogP contribution in [0, 0.1) is 0 Å². The highest BCUT2D eigenvalue weighted by atomic mass is 35.5. The van der Waals surface area contributed by atoms with Crippen molar-refractivity contribution < 1.29 is 9.90 Å². The molecule has 0 unspecified atom stereocenters.